The van der Waals surface area contributed by atoms with Crippen LogP contribution in [0.1, 0.15) is 72.1 Å². The van der Waals surface area contributed by atoms with Crippen molar-refractivity contribution in [3.63, 3.8) is 0 Å². The molecular weight excluding hydrogens is 430 g/mol. The number of benzene rings is 2. The lowest BCUT2D eigenvalue weighted by molar-refractivity contribution is -1.03. The van der Waals surface area contributed by atoms with Gasteiger partial charge in [-0.3, -0.25) is 9.22 Å². The number of ether oxygens (including phenoxy) is 2. The normalized spacial score (nSPS) is 13.6. The van der Waals surface area contributed by atoms with Gasteiger partial charge in [-0.2, -0.15) is 0 Å². The summed E-state index contributed by atoms with van der Waals surface area (Å²) in [5.74, 6) is 1.09. The minimum Gasteiger partial charge on any atom is -1.00 e. The average Bonchev–Trinajstić information content (AvgIpc) is 2.76. The van der Waals surface area contributed by atoms with Crippen LogP contribution in [-0.4, -0.2) is 30.7 Å². The highest BCUT2D eigenvalue weighted by Gasteiger charge is 2.55. The summed E-state index contributed by atoms with van der Waals surface area (Å²) in [5.41, 5.74) is 4.02. The van der Waals surface area contributed by atoms with Crippen molar-refractivity contribution in [3.05, 3.63) is 65.2 Å². The number of hydrogen-bond donors (Lipinski definition) is 0. The molecule has 33 heavy (non-hydrogen) atoms. The Morgan fingerprint density at radius 1 is 0.758 bits per heavy atom. The third kappa shape index (κ3) is 6.53. The fourth-order valence-corrected chi connectivity index (χ4v) is 5.00. The Hall–Kier alpha value is -1.55. The molecule has 0 bridgehead atoms. The van der Waals surface area contributed by atoms with E-state index in [1.165, 1.54) is 16.7 Å². The van der Waals surface area contributed by atoms with Gasteiger partial charge in [0, 0.05) is 0 Å². The van der Waals surface area contributed by atoms with Crippen LogP contribution in [0.5, 0.6) is 5.75 Å². The van der Waals surface area contributed by atoms with Crippen molar-refractivity contribution < 1.29 is 26.4 Å². The van der Waals surface area contributed by atoms with Crippen LogP contribution in [0.4, 0.5) is 0 Å². The summed E-state index contributed by atoms with van der Waals surface area (Å²) < 4.78 is 14.5. The second kappa shape index (κ2) is 13.4. The van der Waals surface area contributed by atoms with E-state index in [0.29, 0.717) is 22.9 Å². The summed E-state index contributed by atoms with van der Waals surface area (Å²) in [6.07, 6.45) is 2.08. The number of nitrogens with zero attached hydrogens (tertiary/aromatic N) is 1. The molecule has 0 N–H and O–H groups in total. The van der Waals surface area contributed by atoms with Crippen LogP contribution in [0.2, 0.25) is 0 Å². The Kier molecular flexibility index (Phi) is 11.9. The SMILES string of the molecule is CCOC(Oc1ccccc1)(c1cccc(CC(C)C)c1CC(C)C)[N+](CC)(CC)CC.[Cl-]. The maximum absolute atomic E-state index is 7.00. The first-order valence-electron chi connectivity index (χ1n) is 12.6. The number of rotatable bonds is 13. The summed E-state index contributed by atoms with van der Waals surface area (Å²) in [6.45, 7) is 21.4. The molecule has 0 fully saturated rings. The monoisotopic (exact) mass is 475 g/mol. The van der Waals surface area contributed by atoms with Gasteiger partial charge in [-0.15, -0.1) is 0 Å². The molecule has 2 aromatic carbocycles. The molecule has 186 valence electrons. The Balaban J connectivity index is 0.00000544. The van der Waals surface area contributed by atoms with E-state index in [4.69, 9.17) is 9.47 Å². The molecule has 0 saturated carbocycles. The predicted octanol–water partition coefficient (Wildman–Crippen LogP) is 4.19. The van der Waals surface area contributed by atoms with Gasteiger partial charge in [0.1, 0.15) is 5.75 Å². The Morgan fingerprint density at radius 2 is 1.33 bits per heavy atom. The standard InChI is InChI=1S/C29H46NO2.ClH/c1-9-30(10-2,11-3)29(31-12-4,32-26-18-14-13-15-19-26)28-20-16-17-25(21-23(5)6)27(28)22-24(7)8;/h13-20,23-24H,9-12,21-22H2,1-8H3;1H/q+1;/p-1. The van der Waals surface area contributed by atoms with Gasteiger partial charge < -0.3 is 17.1 Å². The highest BCUT2D eigenvalue weighted by molar-refractivity contribution is 5.39. The van der Waals surface area contributed by atoms with Gasteiger partial charge in [0.25, 0.3) is 0 Å². The van der Waals surface area contributed by atoms with Crippen LogP contribution < -0.4 is 17.1 Å². The number of para-hydroxylation sites is 1. The van der Waals surface area contributed by atoms with Crippen molar-refractivity contribution in [1.29, 1.82) is 0 Å². The first-order chi connectivity index (χ1) is 15.3. The number of hydrogen-bond acceptors (Lipinski definition) is 2. The molecule has 0 aliphatic rings. The molecule has 0 heterocycles. The van der Waals surface area contributed by atoms with Gasteiger partial charge >= 0.3 is 5.91 Å². The van der Waals surface area contributed by atoms with E-state index >= 15 is 0 Å². The van der Waals surface area contributed by atoms with Gasteiger partial charge in [0.15, 0.2) is 0 Å². The highest BCUT2D eigenvalue weighted by Crippen LogP contribution is 2.42. The molecule has 0 aliphatic heterocycles. The van der Waals surface area contributed by atoms with Crippen LogP contribution in [0.25, 0.3) is 0 Å². The maximum atomic E-state index is 7.00. The topological polar surface area (TPSA) is 18.5 Å². The number of halogens is 1. The van der Waals surface area contributed by atoms with Gasteiger partial charge in [0.05, 0.1) is 31.8 Å². The zero-order valence-electron chi connectivity index (χ0n) is 22.2. The molecule has 3 nitrogen and oxygen atoms in total. The van der Waals surface area contributed by atoms with Gasteiger partial charge in [-0.1, -0.05) is 58.0 Å². The fourth-order valence-electron chi connectivity index (χ4n) is 5.00. The summed E-state index contributed by atoms with van der Waals surface area (Å²) >= 11 is 0. The van der Waals surface area contributed by atoms with Crippen LogP contribution in [-0.2, 0) is 23.5 Å². The molecule has 0 aromatic heterocycles. The minimum atomic E-state index is -0.897. The summed E-state index contributed by atoms with van der Waals surface area (Å²) in [5, 5.41) is 0. The molecule has 2 rings (SSSR count). The zero-order chi connectivity index (χ0) is 23.8. The fraction of sp³-hybridized carbons (Fsp3) is 0.586. The van der Waals surface area contributed by atoms with Crippen LogP contribution in [0.15, 0.2) is 48.5 Å². The molecule has 0 radical (unpaired) electrons. The number of quaternary nitrogens is 1. The second-order valence-electron chi connectivity index (χ2n) is 9.66. The van der Waals surface area contributed by atoms with E-state index in [1.807, 2.05) is 30.3 Å². The van der Waals surface area contributed by atoms with Crippen LogP contribution >= 0.6 is 0 Å². The van der Waals surface area contributed by atoms with Crippen molar-refractivity contribution >= 4 is 0 Å². The first-order valence-corrected chi connectivity index (χ1v) is 12.6. The summed E-state index contributed by atoms with van der Waals surface area (Å²) in [6, 6.07) is 17.0. The molecule has 0 spiro atoms. The van der Waals surface area contributed by atoms with Crippen molar-refractivity contribution in [2.45, 2.75) is 74.1 Å². The molecule has 4 heteroatoms. The largest absolute Gasteiger partial charge is 1.00 e. The third-order valence-electron chi connectivity index (χ3n) is 6.63. The Bertz CT molecular complexity index is 809. The van der Waals surface area contributed by atoms with E-state index in [1.54, 1.807) is 0 Å². The lowest BCUT2D eigenvalue weighted by Gasteiger charge is -2.50. The Morgan fingerprint density at radius 3 is 1.82 bits per heavy atom. The second-order valence-corrected chi connectivity index (χ2v) is 9.66. The van der Waals surface area contributed by atoms with Gasteiger partial charge in [-0.05, 0) is 81.7 Å². The van der Waals surface area contributed by atoms with Crippen LogP contribution in [0, 0.1) is 11.8 Å². The van der Waals surface area contributed by atoms with E-state index < -0.39 is 5.91 Å². The third-order valence-corrected chi connectivity index (χ3v) is 6.63. The van der Waals surface area contributed by atoms with Crippen molar-refractivity contribution in [2.24, 2.45) is 11.8 Å². The molecule has 0 aliphatic carbocycles. The maximum Gasteiger partial charge on any atom is 0.390 e. The van der Waals surface area contributed by atoms with E-state index in [2.05, 4.69) is 73.6 Å². The van der Waals surface area contributed by atoms with Gasteiger partial charge in [0.2, 0.25) is 0 Å². The molecule has 1 atom stereocenters. The van der Waals surface area contributed by atoms with Crippen molar-refractivity contribution in [3.8, 4) is 5.75 Å². The van der Waals surface area contributed by atoms with Crippen LogP contribution in [0.3, 0.4) is 0 Å². The van der Waals surface area contributed by atoms with Crippen molar-refractivity contribution in [1.82, 2.24) is 0 Å². The van der Waals surface area contributed by atoms with E-state index in [-0.39, 0.29) is 12.4 Å². The average molecular weight is 476 g/mol. The van der Waals surface area contributed by atoms with E-state index in [9.17, 15) is 0 Å². The first kappa shape index (κ1) is 29.5. The Labute approximate surface area is 209 Å². The molecule has 0 saturated heterocycles. The molecular formula is C29H46ClNO2. The lowest BCUT2D eigenvalue weighted by Crippen LogP contribution is -3.00. The summed E-state index contributed by atoms with van der Waals surface area (Å²) in [4.78, 5) is 0. The zero-order valence-corrected chi connectivity index (χ0v) is 22.9. The molecule has 2 aromatic rings. The smallest absolute Gasteiger partial charge is 0.390 e. The van der Waals surface area contributed by atoms with Gasteiger partial charge in [-0.25, -0.2) is 0 Å². The lowest BCUT2D eigenvalue weighted by atomic mass is 9.87. The summed E-state index contributed by atoms with van der Waals surface area (Å²) in [7, 11) is 0. The highest BCUT2D eigenvalue weighted by atomic mass is 35.5. The quantitative estimate of drug-likeness (QED) is 0.319. The predicted molar refractivity (Wildman–Crippen MR) is 136 cm³/mol. The molecule has 0 amide bonds. The minimum absolute atomic E-state index is 0. The van der Waals surface area contributed by atoms with E-state index in [0.717, 1.165) is 38.2 Å². The molecule has 1 unspecified atom stereocenters. The van der Waals surface area contributed by atoms with Crippen molar-refractivity contribution in [2.75, 3.05) is 26.2 Å².